The molecule has 2 aromatic rings. The normalized spacial score (nSPS) is 10.5. The Bertz CT molecular complexity index is 467. The molecule has 94 valence electrons. The number of hydrogen-bond acceptors (Lipinski definition) is 2. The molecular formula is C13H19ClN2O. The van der Waals surface area contributed by atoms with Crippen LogP contribution in [0.15, 0.2) is 30.5 Å². The SMILES string of the molecule is Cl.Cn1cc(CNCCCO)c2ccccc21. The van der Waals surface area contributed by atoms with Crippen LogP contribution in [0.2, 0.25) is 0 Å². The van der Waals surface area contributed by atoms with Gasteiger partial charge in [0.15, 0.2) is 0 Å². The monoisotopic (exact) mass is 254 g/mol. The average molecular weight is 255 g/mol. The molecule has 2 rings (SSSR count). The van der Waals surface area contributed by atoms with Gasteiger partial charge in [-0.05, 0) is 24.6 Å². The number of para-hydroxylation sites is 1. The van der Waals surface area contributed by atoms with Gasteiger partial charge >= 0.3 is 0 Å². The Labute approximate surface area is 108 Å². The van der Waals surface area contributed by atoms with Crippen LogP contribution in [-0.4, -0.2) is 22.8 Å². The maximum absolute atomic E-state index is 8.70. The van der Waals surface area contributed by atoms with Crippen molar-refractivity contribution in [3.8, 4) is 0 Å². The van der Waals surface area contributed by atoms with Crippen LogP contribution in [0.5, 0.6) is 0 Å². The second kappa shape index (κ2) is 6.64. The van der Waals surface area contributed by atoms with Gasteiger partial charge in [-0.15, -0.1) is 12.4 Å². The van der Waals surface area contributed by atoms with E-state index in [2.05, 4.69) is 47.4 Å². The molecule has 0 aliphatic heterocycles. The quantitative estimate of drug-likeness (QED) is 0.802. The Balaban J connectivity index is 0.00000144. The number of aliphatic hydroxyl groups is 1. The van der Waals surface area contributed by atoms with E-state index in [4.69, 9.17) is 5.11 Å². The molecule has 0 radical (unpaired) electrons. The Morgan fingerprint density at radius 2 is 2.06 bits per heavy atom. The first-order chi connectivity index (χ1) is 7.83. The minimum atomic E-state index is 0. The summed E-state index contributed by atoms with van der Waals surface area (Å²) in [5.74, 6) is 0. The van der Waals surface area contributed by atoms with Crippen molar-refractivity contribution in [1.29, 1.82) is 0 Å². The molecule has 0 aliphatic carbocycles. The van der Waals surface area contributed by atoms with Crippen LogP contribution in [0.1, 0.15) is 12.0 Å². The molecule has 1 aromatic carbocycles. The van der Waals surface area contributed by atoms with Crippen LogP contribution in [0.3, 0.4) is 0 Å². The summed E-state index contributed by atoms with van der Waals surface area (Å²) < 4.78 is 2.15. The van der Waals surface area contributed by atoms with Gasteiger partial charge in [0, 0.05) is 37.3 Å². The maximum atomic E-state index is 8.70. The smallest absolute Gasteiger partial charge is 0.0481 e. The second-order valence-corrected chi connectivity index (χ2v) is 4.04. The molecule has 0 unspecified atom stereocenters. The largest absolute Gasteiger partial charge is 0.396 e. The van der Waals surface area contributed by atoms with Crippen molar-refractivity contribution in [2.75, 3.05) is 13.2 Å². The fourth-order valence-corrected chi connectivity index (χ4v) is 1.99. The average Bonchev–Trinajstić information content (AvgIpc) is 2.63. The highest BCUT2D eigenvalue weighted by molar-refractivity contribution is 5.85. The van der Waals surface area contributed by atoms with Gasteiger partial charge < -0.3 is 15.0 Å². The molecule has 1 heterocycles. The summed E-state index contributed by atoms with van der Waals surface area (Å²) in [4.78, 5) is 0. The van der Waals surface area contributed by atoms with Gasteiger partial charge in [0.1, 0.15) is 0 Å². The molecule has 0 spiro atoms. The number of aryl methyl sites for hydroxylation is 1. The van der Waals surface area contributed by atoms with E-state index in [1.54, 1.807) is 0 Å². The molecule has 0 bridgehead atoms. The fraction of sp³-hybridized carbons (Fsp3) is 0.385. The first kappa shape index (κ1) is 14.0. The number of benzene rings is 1. The number of fused-ring (bicyclic) bond motifs is 1. The Morgan fingerprint density at radius 3 is 2.82 bits per heavy atom. The fourth-order valence-electron chi connectivity index (χ4n) is 1.99. The van der Waals surface area contributed by atoms with Crippen molar-refractivity contribution in [2.24, 2.45) is 7.05 Å². The van der Waals surface area contributed by atoms with Crippen LogP contribution in [0.4, 0.5) is 0 Å². The maximum Gasteiger partial charge on any atom is 0.0481 e. The third-order valence-electron chi connectivity index (χ3n) is 2.81. The predicted octanol–water partition coefficient (Wildman–Crippen LogP) is 2.07. The highest BCUT2D eigenvalue weighted by Gasteiger charge is 2.04. The summed E-state index contributed by atoms with van der Waals surface area (Å²) in [6, 6.07) is 8.41. The van der Waals surface area contributed by atoms with E-state index >= 15 is 0 Å². The van der Waals surface area contributed by atoms with E-state index in [0.717, 1.165) is 19.5 Å². The minimum Gasteiger partial charge on any atom is -0.396 e. The summed E-state index contributed by atoms with van der Waals surface area (Å²) >= 11 is 0. The van der Waals surface area contributed by atoms with Crippen molar-refractivity contribution < 1.29 is 5.11 Å². The van der Waals surface area contributed by atoms with Crippen LogP contribution in [-0.2, 0) is 13.6 Å². The number of nitrogens with zero attached hydrogens (tertiary/aromatic N) is 1. The third kappa shape index (κ3) is 3.22. The molecule has 4 heteroatoms. The topological polar surface area (TPSA) is 37.2 Å². The predicted molar refractivity (Wildman–Crippen MR) is 73.6 cm³/mol. The van der Waals surface area contributed by atoms with Crippen molar-refractivity contribution in [2.45, 2.75) is 13.0 Å². The van der Waals surface area contributed by atoms with Crippen molar-refractivity contribution in [3.63, 3.8) is 0 Å². The number of aliphatic hydroxyl groups excluding tert-OH is 1. The van der Waals surface area contributed by atoms with Crippen LogP contribution in [0, 0.1) is 0 Å². The Morgan fingerprint density at radius 1 is 1.29 bits per heavy atom. The van der Waals surface area contributed by atoms with Crippen LogP contribution in [0.25, 0.3) is 10.9 Å². The van der Waals surface area contributed by atoms with Gasteiger partial charge in [-0.25, -0.2) is 0 Å². The zero-order valence-electron chi connectivity index (χ0n) is 10.0. The van der Waals surface area contributed by atoms with Gasteiger partial charge in [0.2, 0.25) is 0 Å². The van der Waals surface area contributed by atoms with Crippen LogP contribution >= 0.6 is 12.4 Å². The first-order valence-corrected chi connectivity index (χ1v) is 5.67. The van der Waals surface area contributed by atoms with Crippen molar-refractivity contribution >= 4 is 23.3 Å². The number of nitrogens with one attached hydrogen (secondary N) is 1. The van der Waals surface area contributed by atoms with Gasteiger partial charge in [0.25, 0.3) is 0 Å². The van der Waals surface area contributed by atoms with Crippen molar-refractivity contribution in [3.05, 3.63) is 36.0 Å². The summed E-state index contributed by atoms with van der Waals surface area (Å²) in [6.45, 7) is 1.98. The van der Waals surface area contributed by atoms with E-state index < -0.39 is 0 Å². The Hall–Kier alpha value is -1.03. The highest BCUT2D eigenvalue weighted by atomic mass is 35.5. The second-order valence-electron chi connectivity index (χ2n) is 4.04. The molecule has 0 saturated heterocycles. The number of rotatable bonds is 5. The standard InChI is InChI=1S/C13H18N2O.ClH/c1-15-10-11(9-14-7-4-8-16)12-5-2-3-6-13(12)15;/h2-3,5-6,10,14,16H,4,7-9H2,1H3;1H. The number of hydrogen-bond donors (Lipinski definition) is 2. The molecule has 0 atom stereocenters. The number of aromatic nitrogens is 1. The summed E-state index contributed by atoms with van der Waals surface area (Å²) in [5, 5.41) is 13.3. The summed E-state index contributed by atoms with van der Waals surface area (Å²) in [6.07, 6.45) is 2.97. The number of halogens is 1. The highest BCUT2D eigenvalue weighted by Crippen LogP contribution is 2.19. The minimum absolute atomic E-state index is 0. The molecular weight excluding hydrogens is 236 g/mol. The molecule has 0 amide bonds. The lowest BCUT2D eigenvalue weighted by Gasteiger charge is -2.01. The van der Waals surface area contributed by atoms with Crippen molar-refractivity contribution in [1.82, 2.24) is 9.88 Å². The molecule has 17 heavy (non-hydrogen) atoms. The lowest BCUT2D eigenvalue weighted by molar-refractivity contribution is 0.286. The van der Waals surface area contributed by atoms with Gasteiger partial charge in [-0.2, -0.15) is 0 Å². The molecule has 2 N–H and O–H groups in total. The van der Waals surface area contributed by atoms with E-state index in [0.29, 0.717) is 0 Å². The van der Waals surface area contributed by atoms with E-state index in [1.807, 2.05) is 0 Å². The Kier molecular flexibility index (Phi) is 5.48. The van der Waals surface area contributed by atoms with E-state index in [9.17, 15) is 0 Å². The molecule has 1 aromatic heterocycles. The third-order valence-corrected chi connectivity index (χ3v) is 2.81. The van der Waals surface area contributed by atoms with Crippen LogP contribution < -0.4 is 5.32 Å². The van der Waals surface area contributed by atoms with Gasteiger partial charge in [-0.3, -0.25) is 0 Å². The molecule has 0 fully saturated rings. The molecule has 3 nitrogen and oxygen atoms in total. The summed E-state index contributed by atoms with van der Waals surface area (Å²) in [7, 11) is 2.07. The first-order valence-electron chi connectivity index (χ1n) is 5.67. The van der Waals surface area contributed by atoms with E-state index in [1.165, 1.54) is 16.5 Å². The van der Waals surface area contributed by atoms with Gasteiger partial charge in [0.05, 0.1) is 0 Å². The molecule has 0 aliphatic rings. The lowest BCUT2D eigenvalue weighted by atomic mass is 10.2. The van der Waals surface area contributed by atoms with Gasteiger partial charge in [-0.1, -0.05) is 18.2 Å². The summed E-state index contributed by atoms with van der Waals surface area (Å²) in [5.41, 5.74) is 2.58. The zero-order valence-corrected chi connectivity index (χ0v) is 10.8. The lowest BCUT2D eigenvalue weighted by Crippen LogP contribution is -2.15. The van der Waals surface area contributed by atoms with E-state index in [-0.39, 0.29) is 19.0 Å². The zero-order chi connectivity index (χ0) is 11.4. The molecule has 0 saturated carbocycles.